The summed E-state index contributed by atoms with van der Waals surface area (Å²) in [6, 6.07) is -0.0150. The van der Waals surface area contributed by atoms with Crippen LogP contribution in [0.5, 0.6) is 0 Å². The molecule has 2 fully saturated rings. The zero-order valence-electron chi connectivity index (χ0n) is 11.6. The Morgan fingerprint density at radius 3 is 2.21 bits per heavy atom. The molecule has 0 aromatic heterocycles. The van der Waals surface area contributed by atoms with Crippen molar-refractivity contribution >= 4 is 11.9 Å². The molecule has 0 radical (unpaired) electrons. The number of carbonyl (C=O) groups is 2. The molecule has 2 N–H and O–H groups in total. The maximum atomic E-state index is 12.3. The van der Waals surface area contributed by atoms with Crippen LogP contribution in [0, 0.1) is 0 Å². The van der Waals surface area contributed by atoms with Gasteiger partial charge in [0.15, 0.2) is 0 Å². The second kappa shape index (κ2) is 5.34. The molecule has 108 valence electrons. The summed E-state index contributed by atoms with van der Waals surface area (Å²) in [4.78, 5) is 29.2. The first kappa shape index (κ1) is 14.1. The molecule has 2 heterocycles. The molecule has 7 nitrogen and oxygen atoms in total. The second-order valence-corrected chi connectivity index (χ2v) is 5.41. The standard InChI is InChI=1S/C12H22N4O3/c1-14(2)11(18)16-6-4-15(5-7-16)10(17)12(13)3-8-19-9-12/h3-9,13H2,1-2H3. The molecule has 2 saturated heterocycles. The number of amides is 3. The summed E-state index contributed by atoms with van der Waals surface area (Å²) in [6.07, 6.45) is 0.572. The van der Waals surface area contributed by atoms with Crippen LogP contribution < -0.4 is 5.73 Å². The molecule has 0 spiro atoms. The van der Waals surface area contributed by atoms with E-state index in [1.165, 1.54) is 0 Å². The second-order valence-electron chi connectivity index (χ2n) is 5.41. The smallest absolute Gasteiger partial charge is 0.319 e. The van der Waals surface area contributed by atoms with Crippen LogP contribution in [-0.4, -0.2) is 85.7 Å². The topological polar surface area (TPSA) is 79.1 Å². The lowest BCUT2D eigenvalue weighted by Gasteiger charge is -2.38. The molecule has 0 aliphatic carbocycles. The summed E-state index contributed by atoms with van der Waals surface area (Å²) >= 11 is 0. The van der Waals surface area contributed by atoms with Crippen molar-refractivity contribution in [3.8, 4) is 0 Å². The number of nitrogens with two attached hydrogens (primary N) is 1. The lowest BCUT2D eigenvalue weighted by atomic mass is 9.98. The highest BCUT2D eigenvalue weighted by Gasteiger charge is 2.42. The van der Waals surface area contributed by atoms with E-state index in [1.807, 2.05) is 0 Å². The zero-order chi connectivity index (χ0) is 14.0. The molecule has 2 aliphatic rings. The van der Waals surface area contributed by atoms with Gasteiger partial charge in [-0.3, -0.25) is 4.79 Å². The van der Waals surface area contributed by atoms with Crippen molar-refractivity contribution < 1.29 is 14.3 Å². The Hall–Kier alpha value is -1.34. The minimum absolute atomic E-state index is 0.0150. The van der Waals surface area contributed by atoms with Gasteiger partial charge < -0.3 is 25.2 Å². The first-order chi connectivity index (χ1) is 8.94. The van der Waals surface area contributed by atoms with E-state index in [2.05, 4.69) is 0 Å². The Morgan fingerprint density at radius 2 is 1.74 bits per heavy atom. The molecule has 0 saturated carbocycles. The van der Waals surface area contributed by atoms with Gasteiger partial charge >= 0.3 is 6.03 Å². The average molecular weight is 270 g/mol. The van der Waals surface area contributed by atoms with Gasteiger partial charge in [-0.1, -0.05) is 0 Å². The third kappa shape index (κ3) is 2.82. The minimum atomic E-state index is -0.867. The van der Waals surface area contributed by atoms with Crippen LogP contribution in [0.2, 0.25) is 0 Å². The summed E-state index contributed by atoms with van der Waals surface area (Å²) < 4.78 is 5.22. The van der Waals surface area contributed by atoms with Crippen LogP contribution in [-0.2, 0) is 9.53 Å². The Morgan fingerprint density at radius 1 is 1.16 bits per heavy atom. The summed E-state index contributed by atoms with van der Waals surface area (Å²) in [6.45, 7) is 3.03. The van der Waals surface area contributed by atoms with Crippen LogP contribution in [0.3, 0.4) is 0 Å². The average Bonchev–Trinajstić information content (AvgIpc) is 2.85. The van der Waals surface area contributed by atoms with Gasteiger partial charge in [0.2, 0.25) is 5.91 Å². The van der Waals surface area contributed by atoms with Crippen LogP contribution in [0.4, 0.5) is 4.79 Å². The van der Waals surface area contributed by atoms with Gasteiger partial charge in [-0.2, -0.15) is 0 Å². The number of piperazine rings is 1. The SMILES string of the molecule is CN(C)C(=O)N1CCN(C(=O)C2(N)CCOC2)CC1. The van der Waals surface area contributed by atoms with E-state index in [-0.39, 0.29) is 11.9 Å². The molecule has 2 aliphatic heterocycles. The van der Waals surface area contributed by atoms with Crippen LogP contribution in [0.1, 0.15) is 6.42 Å². The molecule has 0 aromatic rings. The number of carbonyl (C=O) groups excluding carboxylic acids is 2. The van der Waals surface area contributed by atoms with Crippen molar-refractivity contribution in [1.29, 1.82) is 0 Å². The van der Waals surface area contributed by atoms with E-state index in [4.69, 9.17) is 10.5 Å². The molecule has 3 amide bonds. The first-order valence-electron chi connectivity index (χ1n) is 6.56. The van der Waals surface area contributed by atoms with Crippen molar-refractivity contribution in [1.82, 2.24) is 14.7 Å². The Labute approximate surface area is 113 Å². The van der Waals surface area contributed by atoms with Crippen LogP contribution in [0.15, 0.2) is 0 Å². The number of rotatable bonds is 1. The van der Waals surface area contributed by atoms with E-state index in [0.717, 1.165) is 0 Å². The fourth-order valence-corrected chi connectivity index (χ4v) is 2.45. The summed E-state index contributed by atoms with van der Waals surface area (Å²) in [5.74, 6) is -0.0537. The Balaban J connectivity index is 1.89. The van der Waals surface area contributed by atoms with E-state index in [9.17, 15) is 9.59 Å². The Kier molecular flexibility index (Phi) is 3.96. The van der Waals surface area contributed by atoms with Crippen LogP contribution in [0.25, 0.3) is 0 Å². The van der Waals surface area contributed by atoms with Crippen molar-refractivity contribution in [2.75, 3.05) is 53.5 Å². The summed E-state index contributed by atoms with van der Waals surface area (Å²) in [7, 11) is 3.45. The molecule has 2 rings (SSSR count). The molecule has 7 heteroatoms. The van der Waals surface area contributed by atoms with E-state index in [1.54, 1.807) is 28.8 Å². The highest BCUT2D eigenvalue weighted by atomic mass is 16.5. The van der Waals surface area contributed by atoms with Crippen LogP contribution >= 0.6 is 0 Å². The fraction of sp³-hybridized carbons (Fsp3) is 0.833. The lowest BCUT2D eigenvalue weighted by Crippen LogP contribution is -2.61. The van der Waals surface area contributed by atoms with Gasteiger partial charge in [0, 0.05) is 46.9 Å². The molecule has 1 unspecified atom stereocenters. The van der Waals surface area contributed by atoms with Gasteiger partial charge in [0.1, 0.15) is 5.54 Å². The van der Waals surface area contributed by atoms with Gasteiger partial charge in [0.05, 0.1) is 6.61 Å². The molecule has 1 atom stereocenters. The number of ether oxygens (including phenoxy) is 1. The Bertz CT molecular complexity index is 358. The number of urea groups is 1. The predicted octanol–water partition coefficient (Wildman–Crippen LogP) is -1.07. The predicted molar refractivity (Wildman–Crippen MR) is 69.6 cm³/mol. The largest absolute Gasteiger partial charge is 0.379 e. The van der Waals surface area contributed by atoms with Crippen molar-refractivity contribution in [2.45, 2.75) is 12.0 Å². The van der Waals surface area contributed by atoms with Crippen molar-refractivity contribution in [3.63, 3.8) is 0 Å². The lowest BCUT2D eigenvalue weighted by molar-refractivity contribution is -0.138. The molecule has 19 heavy (non-hydrogen) atoms. The van der Waals surface area contributed by atoms with E-state index in [0.29, 0.717) is 45.8 Å². The maximum Gasteiger partial charge on any atom is 0.319 e. The minimum Gasteiger partial charge on any atom is -0.379 e. The van der Waals surface area contributed by atoms with Crippen molar-refractivity contribution in [3.05, 3.63) is 0 Å². The monoisotopic (exact) mass is 270 g/mol. The maximum absolute atomic E-state index is 12.3. The molecule has 0 aromatic carbocycles. The van der Waals surface area contributed by atoms with Gasteiger partial charge in [-0.15, -0.1) is 0 Å². The molecule has 0 bridgehead atoms. The fourth-order valence-electron chi connectivity index (χ4n) is 2.45. The van der Waals surface area contributed by atoms with Gasteiger partial charge in [-0.05, 0) is 6.42 Å². The summed E-state index contributed by atoms with van der Waals surface area (Å²) in [5.41, 5.74) is 5.20. The first-order valence-corrected chi connectivity index (χ1v) is 6.56. The van der Waals surface area contributed by atoms with Crippen molar-refractivity contribution in [2.24, 2.45) is 5.73 Å². The van der Waals surface area contributed by atoms with E-state index >= 15 is 0 Å². The quantitative estimate of drug-likeness (QED) is 0.658. The van der Waals surface area contributed by atoms with Gasteiger partial charge in [0.25, 0.3) is 0 Å². The number of nitrogens with zero attached hydrogens (tertiary/aromatic N) is 3. The summed E-state index contributed by atoms with van der Waals surface area (Å²) in [5, 5.41) is 0. The normalized spacial score (nSPS) is 27.5. The van der Waals surface area contributed by atoms with E-state index < -0.39 is 5.54 Å². The number of hydrogen-bond donors (Lipinski definition) is 1. The number of hydrogen-bond acceptors (Lipinski definition) is 4. The van der Waals surface area contributed by atoms with Gasteiger partial charge in [-0.25, -0.2) is 4.79 Å². The highest BCUT2D eigenvalue weighted by molar-refractivity contribution is 5.87. The third-order valence-electron chi connectivity index (χ3n) is 3.70. The zero-order valence-corrected chi connectivity index (χ0v) is 11.6. The third-order valence-corrected chi connectivity index (χ3v) is 3.70. The molecular weight excluding hydrogens is 248 g/mol. The molecular formula is C12H22N4O3. The highest BCUT2D eigenvalue weighted by Crippen LogP contribution is 2.19.